The Balaban J connectivity index is 1.42. The predicted octanol–water partition coefficient (Wildman–Crippen LogP) is 4.98. The molecular weight excluding hydrogens is 562 g/mol. The highest BCUT2D eigenvalue weighted by Crippen LogP contribution is 2.53. The number of fused-ring (bicyclic) bond motifs is 1. The van der Waals surface area contributed by atoms with E-state index >= 15 is 4.39 Å². The second-order valence-corrected chi connectivity index (χ2v) is 11.9. The van der Waals surface area contributed by atoms with Crippen LogP contribution in [0.2, 0.25) is 0 Å². The molecule has 2 aliphatic rings. The maximum absolute atomic E-state index is 15.2. The number of anilines is 2. The first-order valence-electron chi connectivity index (χ1n) is 13.0. The van der Waals surface area contributed by atoms with Gasteiger partial charge in [0.1, 0.15) is 12.1 Å². The van der Waals surface area contributed by atoms with Gasteiger partial charge in [0.2, 0.25) is 11.8 Å². The third-order valence-electron chi connectivity index (χ3n) is 7.86. The number of amides is 1. The van der Waals surface area contributed by atoms with E-state index in [-0.39, 0.29) is 40.6 Å². The molecule has 41 heavy (non-hydrogen) atoms. The summed E-state index contributed by atoms with van der Waals surface area (Å²) in [7, 11) is 0. The molecule has 1 saturated heterocycles. The highest BCUT2D eigenvalue weighted by atomic mass is 32.2. The van der Waals surface area contributed by atoms with Crippen LogP contribution in [0.25, 0.3) is 11.0 Å². The van der Waals surface area contributed by atoms with Crippen LogP contribution in [0.15, 0.2) is 35.6 Å². The van der Waals surface area contributed by atoms with Crippen molar-refractivity contribution in [3.63, 3.8) is 0 Å². The zero-order chi connectivity index (χ0) is 29.5. The van der Waals surface area contributed by atoms with E-state index in [1.54, 1.807) is 11.0 Å². The van der Waals surface area contributed by atoms with Crippen LogP contribution in [-0.4, -0.2) is 61.8 Å². The number of carbonyl (C=O) groups excluding carboxylic acids is 1. The standard InChI is InChI=1S/C27H29F4N7O2S/c1-14-26(2,37-25(32)41-27(14,3)24(30)31)16-11-15(12-17(28)21(16)29)35-23-22-18(6-7-33-23)36-19(13-34-22)40-10-9-38-8-4-5-20(38)39/h6-7,11-14,24H,4-5,8-10H2,1-3H3,(H2,32,37)(H,33,35)/t14-,26-,27-/m0/s1. The van der Waals surface area contributed by atoms with E-state index in [0.717, 1.165) is 24.2 Å². The summed E-state index contributed by atoms with van der Waals surface area (Å²) >= 11 is 0.726. The quantitative estimate of drug-likeness (QED) is 0.352. The zero-order valence-electron chi connectivity index (χ0n) is 22.6. The Labute approximate surface area is 238 Å². The number of nitrogens with two attached hydrogens (primary N) is 1. The summed E-state index contributed by atoms with van der Waals surface area (Å²) in [6.45, 7) is 5.74. The Hall–Kier alpha value is -3.68. The summed E-state index contributed by atoms with van der Waals surface area (Å²) in [5.74, 6) is -2.75. The highest BCUT2D eigenvalue weighted by molar-refractivity contribution is 8.15. The van der Waals surface area contributed by atoms with Gasteiger partial charge in [-0.2, -0.15) is 0 Å². The Bertz CT molecular complexity index is 1530. The zero-order valence-corrected chi connectivity index (χ0v) is 23.4. The smallest absolute Gasteiger partial charge is 0.253 e. The predicted molar refractivity (Wildman–Crippen MR) is 148 cm³/mol. The maximum Gasteiger partial charge on any atom is 0.253 e. The minimum atomic E-state index is -2.79. The van der Waals surface area contributed by atoms with Crippen molar-refractivity contribution in [3.05, 3.63) is 47.8 Å². The summed E-state index contributed by atoms with van der Waals surface area (Å²) in [5.41, 5.74) is 4.98. The number of amidine groups is 1. The Morgan fingerprint density at radius 1 is 1.27 bits per heavy atom. The minimum Gasteiger partial charge on any atom is -0.475 e. The second kappa shape index (κ2) is 11.0. The number of nitrogens with zero attached hydrogens (tertiary/aromatic N) is 5. The molecule has 1 aromatic carbocycles. The van der Waals surface area contributed by atoms with Crippen LogP contribution in [0.3, 0.4) is 0 Å². The van der Waals surface area contributed by atoms with Crippen molar-refractivity contribution in [1.29, 1.82) is 0 Å². The fourth-order valence-corrected chi connectivity index (χ4v) is 6.39. The third kappa shape index (κ3) is 5.36. The summed E-state index contributed by atoms with van der Waals surface area (Å²) in [6.07, 6.45) is 1.47. The molecule has 0 bridgehead atoms. The molecule has 218 valence electrons. The lowest BCUT2D eigenvalue weighted by Crippen LogP contribution is -2.52. The van der Waals surface area contributed by atoms with Crippen LogP contribution in [-0.2, 0) is 10.3 Å². The van der Waals surface area contributed by atoms with Gasteiger partial charge in [-0.05, 0) is 32.4 Å². The molecule has 14 heteroatoms. The van der Waals surface area contributed by atoms with Crippen molar-refractivity contribution < 1.29 is 27.1 Å². The molecule has 0 saturated carbocycles. The number of halogens is 4. The fraction of sp³-hybridized carbons (Fsp3) is 0.444. The topological polar surface area (TPSA) is 119 Å². The molecule has 1 amide bonds. The molecule has 0 aliphatic carbocycles. The molecule has 9 nitrogen and oxygen atoms in total. The number of aliphatic imine (C=N–C) groups is 1. The van der Waals surface area contributed by atoms with E-state index in [0.29, 0.717) is 30.5 Å². The number of hydrogen-bond donors (Lipinski definition) is 2. The lowest BCUT2D eigenvalue weighted by atomic mass is 9.73. The number of aromatic nitrogens is 3. The number of rotatable bonds is 8. The molecule has 3 atom stereocenters. The first-order valence-corrected chi connectivity index (χ1v) is 13.9. The molecule has 2 aliphatic heterocycles. The van der Waals surface area contributed by atoms with Gasteiger partial charge < -0.3 is 20.7 Å². The van der Waals surface area contributed by atoms with Gasteiger partial charge in [-0.25, -0.2) is 32.5 Å². The normalized spacial score (nSPS) is 24.7. The maximum atomic E-state index is 15.2. The molecule has 0 spiro atoms. The van der Waals surface area contributed by atoms with Crippen molar-refractivity contribution in [2.45, 2.75) is 50.3 Å². The summed E-state index contributed by atoms with van der Waals surface area (Å²) in [6, 6.07) is 3.87. The summed E-state index contributed by atoms with van der Waals surface area (Å²) in [4.78, 5) is 30.9. The number of pyridine rings is 1. The number of nitrogens with one attached hydrogen (secondary N) is 1. The van der Waals surface area contributed by atoms with Crippen molar-refractivity contribution >= 4 is 45.4 Å². The number of alkyl halides is 2. The Kier molecular flexibility index (Phi) is 7.70. The third-order valence-corrected chi connectivity index (χ3v) is 9.13. The van der Waals surface area contributed by atoms with E-state index in [1.165, 1.54) is 39.2 Å². The van der Waals surface area contributed by atoms with Crippen LogP contribution in [0, 0.1) is 17.6 Å². The van der Waals surface area contributed by atoms with Gasteiger partial charge in [0, 0.05) is 42.4 Å². The van der Waals surface area contributed by atoms with Gasteiger partial charge in [0.15, 0.2) is 22.6 Å². The van der Waals surface area contributed by atoms with Gasteiger partial charge in [0.25, 0.3) is 6.43 Å². The van der Waals surface area contributed by atoms with Crippen molar-refractivity contribution in [2.75, 3.05) is 25.0 Å². The van der Waals surface area contributed by atoms with E-state index in [1.807, 2.05) is 0 Å². The molecule has 5 rings (SSSR count). The van der Waals surface area contributed by atoms with Crippen LogP contribution in [0.5, 0.6) is 5.88 Å². The molecule has 1 fully saturated rings. The Morgan fingerprint density at radius 3 is 2.76 bits per heavy atom. The van der Waals surface area contributed by atoms with E-state index in [9.17, 15) is 18.0 Å². The molecule has 0 radical (unpaired) electrons. The second-order valence-electron chi connectivity index (χ2n) is 10.4. The van der Waals surface area contributed by atoms with E-state index < -0.39 is 34.3 Å². The van der Waals surface area contributed by atoms with Crippen molar-refractivity contribution in [1.82, 2.24) is 19.9 Å². The average Bonchev–Trinajstić information content (AvgIpc) is 3.33. The van der Waals surface area contributed by atoms with Crippen LogP contribution in [0.1, 0.15) is 39.2 Å². The Morgan fingerprint density at radius 2 is 2.05 bits per heavy atom. The van der Waals surface area contributed by atoms with Crippen LogP contribution < -0.4 is 15.8 Å². The van der Waals surface area contributed by atoms with Crippen LogP contribution in [0.4, 0.5) is 29.1 Å². The number of hydrogen-bond acceptors (Lipinski definition) is 9. The van der Waals surface area contributed by atoms with Crippen LogP contribution >= 0.6 is 11.8 Å². The van der Waals surface area contributed by atoms with Crippen molar-refractivity contribution in [3.8, 4) is 5.88 Å². The van der Waals surface area contributed by atoms with E-state index in [4.69, 9.17) is 10.5 Å². The fourth-order valence-electron chi connectivity index (χ4n) is 5.20. The van der Waals surface area contributed by atoms with Gasteiger partial charge >= 0.3 is 0 Å². The van der Waals surface area contributed by atoms with Crippen molar-refractivity contribution in [2.24, 2.45) is 16.6 Å². The number of ether oxygens (including phenoxy) is 1. The summed E-state index contributed by atoms with van der Waals surface area (Å²) < 4.78 is 62.4. The van der Waals surface area contributed by atoms with Gasteiger partial charge in [-0.15, -0.1) is 0 Å². The van der Waals surface area contributed by atoms with Gasteiger partial charge in [-0.1, -0.05) is 18.7 Å². The summed E-state index contributed by atoms with van der Waals surface area (Å²) in [5, 5.41) is 2.81. The number of carbonyl (C=O) groups is 1. The molecule has 3 aromatic rings. The molecular formula is C27H29F4N7O2S. The minimum absolute atomic E-state index is 0.101. The van der Waals surface area contributed by atoms with Gasteiger partial charge in [0.05, 0.1) is 28.5 Å². The lowest BCUT2D eigenvalue weighted by molar-refractivity contribution is -0.128. The highest BCUT2D eigenvalue weighted by Gasteiger charge is 2.54. The van der Waals surface area contributed by atoms with Gasteiger partial charge in [-0.3, -0.25) is 9.79 Å². The molecule has 3 N–H and O–H groups in total. The lowest BCUT2D eigenvalue weighted by Gasteiger charge is -2.46. The monoisotopic (exact) mass is 591 g/mol. The van der Waals surface area contributed by atoms with E-state index in [2.05, 4.69) is 25.3 Å². The largest absolute Gasteiger partial charge is 0.475 e. The molecule has 4 heterocycles. The molecule has 0 unspecified atom stereocenters. The number of likely N-dealkylation sites (tertiary alicyclic amines) is 1. The number of benzene rings is 1. The average molecular weight is 592 g/mol. The molecule has 2 aromatic heterocycles. The SMILES string of the molecule is C[C@H]1[C@@](C)(c2cc(Nc3nccc4nc(OCCN5CCCC5=O)cnc34)cc(F)c2F)N=C(N)S[C@]1(C)C(F)F. The first kappa shape index (κ1) is 28.8. The number of thioether (sulfide) groups is 1. The first-order chi connectivity index (χ1) is 19.4.